The molecular formula is C12H24N2O4S. The van der Waals surface area contributed by atoms with E-state index in [1.165, 1.54) is 0 Å². The molecule has 1 saturated carbocycles. The number of carbonyl (C=O) groups is 1. The molecule has 0 saturated heterocycles. The molecule has 0 aliphatic heterocycles. The van der Waals surface area contributed by atoms with Crippen molar-refractivity contribution in [1.82, 2.24) is 9.62 Å². The number of hydrogen-bond donors (Lipinski definition) is 2. The van der Waals surface area contributed by atoms with E-state index in [9.17, 15) is 13.2 Å². The van der Waals surface area contributed by atoms with Crippen LogP contribution in [0.2, 0.25) is 0 Å². The minimum Gasteiger partial charge on any atom is -0.395 e. The molecule has 0 radical (unpaired) electrons. The summed E-state index contributed by atoms with van der Waals surface area (Å²) in [6.45, 7) is 4.05. The summed E-state index contributed by atoms with van der Waals surface area (Å²) < 4.78 is 25.1. The number of hydrogen-bond acceptors (Lipinski definition) is 4. The quantitative estimate of drug-likeness (QED) is 0.656. The minimum atomic E-state index is -3.43. The number of sulfonamides is 1. The summed E-state index contributed by atoms with van der Waals surface area (Å²) in [6, 6.07) is -0.571. The van der Waals surface area contributed by atoms with Crippen molar-refractivity contribution in [3.05, 3.63) is 0 Å². The molecule has 1 aliphatic rings. The lowest BCUT2D eigenvalue weighted by molar-refractivity contribution is -0.134. The largest absolute Gasteiger partial charge is 0.395 e. The predicted molar refractivity (Wildman–Crippen MR) is 73.0 cm³/mol. The molecule has 0 heterocycles. The summed E-state index contributed by atoms with van der Waals surface area (Å²) in [4.78, 5) is 14.0. The van der Waals surface area contributed by atoms with Crippen LogP contribution in [0.3, 0.4) is 0 Å². The van der Waals surface area contributed by atoms with Crippen LogP contribution in [-0.4, -0.2) is 55.8 Å². The number of carbonyl (C=O) groups excluding carboxylic acids is 1. The predicted octanol–water partition coefficient (Wildman–Crippen LogP) is -0.0664. The van der Waals surface area contributed by atoms with Crippen molar-refractivity contribution in [3.8, 4) is 0 Å². The first-order valence-corrected chi connectivity index (χ1v) is 8.52. The lowest BCUT2D eigenvalue weighted by Crippen LogP contribution is -2.50. The Balaban J connectivity index is 2.78. The van der Waals surface area contributed by atoms with E-state index < -0.39 is 16.1 Å². The number of nitrogens with one attached hydrogen (secondary N) is 1. The average Bonchev–Trinajstić information content (AvgIpc) is 3.05. The highest BCUT2D eigenvalue weighted by Crippen LogP contribution is 2.27. The summed E-state index contributed by atoms with van der Waals surface area (Å²) in [5.74, 6) is -0.0194. The molecule has 1 fully saturated rings. The summed E-state index contributed by atoms with van der Waals surface area (Å²) in [6.07, 6.45) is 3.37. The van der Waals surface area contributed by atoms with Crippen LogP contribution in [0.4, 0.5) is 0 Å². The fourth-order valence-corrected chi connectivity index (χ4v) is 2.81. The molecular weight excluding hydrogens is 268 g/mol. The molecule has 2 N–H and O–H groups in total. The van der Waals surface area contributed by atoms with E-state index in [4.69, 9.17) is 5.11 Å². The van der Waals surface area contributed by atoms with Gasteiger partial charge in [-0.05, 0) is 25.2 Å². The number of aliphatic hydroxyl groups excluding tert-OH is 1. The SMILES string of the molecule is CC(C)CC(NS(C)(=O)=O)C(=O)N(CCO)C1CC1. The third kappa shape index (κ3) is 5.88. The van der Waals surface area contributed by atoms with Crippen molar-refractivity contribution in [2.45, 2.75) is 45.2 Å². The Bertz CT molecular complexity index is 404. The van der Waals surface area contributed by atoms with E-state index >= 15 is 0 Å². The van der Waals surface area contributed by atoms with Crippen LogP contribution in [0.15, 0.2) is 0 Å². The summed E-state index contributed by atoms with van der Waals surface area (Å²) in [7, 11) is -3.43. The number of nitrogens with zero attached hydrogens (tertiary/aromatic N) is 1. The van der Waals surface area contributed by atoms with Crippen LogP contribution >= 0.6 is 0 Å². The van der Waals surface area contributed by atoms with Crippen LogP contribution in [0.25, 0.3) is 0 Å². The van der Waals surface area contributed by atoms with Gasteiger partial charge in [0.1, 0.15) is 6.04 Å². The minimum absolute atomic E-state index is 0.102. The lowest BCUT2D eigenvalue weighted by atomic mass is 10.0. The third-order valence-corrected chi connectivity index (χ3v) is 3.69. The molecule has 0 aromatic heterocycles. The molecule has 112 valence electrons. The molecule has 1 rings (SSSR count). The van der Waals surface area contributed by atoms with Crippen LogP contribution in [-0.2, 0) is 14.8 Å². The molecule has 0 spiro atoms. The molecule has 1 atom stereocenters. The van der Waals surface area contributed by atoms with Crippen LogP contribution in [0, 0.1) is 5.92 Å². The molecule has 0 aromatic rings. The smallest absolute Gasteiger partial charge is 0.241 e. The summed E-state index contributed by atoms with van der Waals surface area (Å²) in [5, 5.41) is 9.03. The van der Waals surface area contributed by atoms with Crippen LogP contribution in [0.1, 0.15) is 33.1 Å². The summed E-state index contributed by atoms with van der Waals surface area (Å²) >= 11 is 0. The fourth-order valence-electron chi connectivity index (χ4n) is 2.10. The fraction of sp³-hybridized carbons (Fsp3) is 0.917. The van der Waals surface area contributed by atoms with Gasteiger partial charge in [0.25, 0.3) is 0 Å². The van der Waals surface area contributed by atoms with E-state index in [1.807, 2.05) is 13.8 Å². The van der Waals surface area contributed by atoms with Gasteiger partial charge in [-0.1, -0.05) is 13.8 Å². The summed E-state index contributed by atoms with van der Waals surface area (Å²) in [5.41, 5.74) is 0. The average molecular weight is 292 g/mol. The van der Waals surface area contributed by atoms with Gasteiger partial charge in [-0.15, -0.1) is 0 Å². The second kappa shape index (κ2) is 6.67. The van der Waals surface area contributed by atoms with Crippen molar-refractivity contribution in [1.29, 1.82) is 0 Å². The zero-order valence-corrected chi connectivity index (χ0v) is 12.6. The first-order valence-electron chi connectivity index (χ1n) is 6.63. The van der Waals surface area contributed by atoms with Gasteiger partial charge in [0.2, 0.25) is 15.9 Å². The Morgan fingerprint density at radius 2 is 2.00 bits per heavy atom. The molecule has 6 nitrogen and oxygen atoms in total. The number of rotatable bonds is 8. The first-order chi connectivity index (χ1) is 8.74. The monoisotopic (exact) mass is 292 g/mol. The van der Waals surface area contributed by atoms with Gasteiger partial charge in [-0.25, -0.2) is 13.1 Å². The zero-order chi connectivity index (χ0) is 14.6. The standard InChI is InChI=1S/C12H24N2O4S/c1-9(2)8-11(13-19(3,17)18)12(16)14(6-7-15)10-4-5-10/h9-11,13,15H,4-8H2,1-3H3. The van der Waals surface area contributed by atoms with Gasteiger partial charge < -0.3 is 10.0 Å². The second-order valence-corrected chi connectivity index (χ2v) is 7.34. The van der Waals surface area contributed by atoms with Gasteiger partial charge in [0.05, 0.1) is 12.9 Å². The van der Waals surface area contributed by atoms with Gasteiger partial charge in [-0.2, -0.15) is 0 Å². The van der Waals surface area contributed by atoms with Gasteiger partial charge >= 0.3 is 0 Å². The Kier molecular flexibility index (Phi) is 5.76. The van der Waals surface area contributed by atoms with E-state index in [0.717, 1.165) is 19.1 Å². The molecule has 7 heteroatoms. The van der Waals surface area contributed by atoms with Gasteiger partial charge in [0, 0.05) is 12.6 Å². The Labute approximate surface area is 115 Å². The second-order valence-electron chi connectivity index (χ2n) is 5.56. The Morgan fingerprint density at radius 3 is 2.37 bits per heavy atom. The van der Waals surface area contributed by atoms with Crippen molar-refractivity contribution in [2.24, 2.45) is 5.92 Å². The van der Waals surface area contributed by atoms with Crippen LogP contribution < -0.4 is 4.72 Å². The highest BCUT2D eigenvalue weighted by atomic mass is 32.2. The van der Waals surface area contributed by atoms with E-state index in [1.54, 1.807) is 4.90 Å². The topological polar surface area (TPSA) is 86.7 Å². The number of amides is 1. The molecule has 0 bridgehead atoms. The highest BCUT2D eigenvalue weighted by Gasteiger charge is 2.36. The van der Waals surface area contributed by atoms with Gasteiger partial charge in [-0.3, -0.25) is 4.79 Å². The van der Waals surface area contributed by atoms with Crippen LogP contribution in [0.5, 0.6) is 0 Å². The van der Waals surface area contributed by atoms with Crippen molar-refractivity contribution in [2.75, 3.05) is 19.4 Å². The highest BCUT2D eigenvalue weighted by molar-refractivity contribution is 7.88. The Hall–Kier alpha value is -0.660. The lowest BCUT2D eigenvalue weighted by Gasteiger charge is -2.27. The zero-order valence-electron chi connectivity index (χ0n) is 11.8. The Morgan fingerprint density at radius 1 is 1.42 bits per heavy atom. The normalized spacial score (nSPS) is 17.5. The van der Waals surface area contributed by atoms with E-state index in [0.29, 0.717) is 6.42 Å². The van der Waals surface area contributed by atoms with Crippen molar-refractivity contribution < 1.29 is 18.3 Å². The number of aliphatic hydroxyl groups is 1. The molecule has 1 aliphatic carbocycles. The van der Waals surface area contributed by atoms with E-state index in [2.05, 4.69) is 4.72 Å². The maximum absolute atomic E-state index is 12.4. The molecule has 1 unspecified atom stereocenters. The van der Waals surface area contributed by atoms with E-state index in [-0.39, 0.29) is 31.0 Å². The molecule has 1 amide bonds. The maximum Gasteiger partial charge on any atom is 0.241 e. The maximum atomic E-state index is 12.4. The van der Waals surface area contributed by atoms with Crippen molar-refractivity contribution >= 4 is 15.9 Å². The molecule has 0 aromatic carbocycles. The third-order valence-electron chi connectivity index (χ3n) is 2.97. The first kappa shape index (κ1) is 16.4. The van der Waals surface area contributed by atoms with Crippen molar-refractivity contribution in [3.63, 3.8) is 0 Å². The molecule has 19 heavy (non-hydrogen) atoms. The van der Waals surface area contributed by atoms with Gasteiger partial charge in [0.15, 0.2) is 0 Å².